The number of halogens is 4. The molecule has 0 radical (unpaired) electrons. The van der Waals surface area contributed by atoms with Crippen molar-refractivity contribution in [2.75, 3.05) is 159 Å². The molecule has 608 valence electrons. The van der Waals surface area contributed by atoms with Gasteiger partial charge in [-0.05, 0) is 93.5 Å². The second kappa shape index (κ2) is 32.4. The molecule has 4 atom stereocenters. The molecule has 14 aliphatic heterocycles. The maximum atomic E-state index is 12.2. The van der Waals surface area contributed by atoms with Gasteiger partial charge in [-0.2, -0.15) is 0 Å². The number of aromatic nitrogens is 4. The maximum Gasteiger partial charge on any atom is 0.241 e. The molecule has 23 rings (SSSR count). The van der Waals surface area contributed by atoms with Gasteiger partial charge in [0, 0.05) is 197 Å². The highest BCUT2D eigenvalue weighted by Crippen LogP contribution is 2.42. The number of anilines is 8. The van der Waals surface area contributed by atoms with Gasteiger partial charge in [-0.15, -0.1) is 0 Å². The first-order valence-corrected chi connectivity index (χ1v) is 42.7. The molecule has 2 bridgehead atoms. The maximum absolute atomic E-state index is 12.2. The summed E-state index contributed by atoms with van der Waals surface area (Å²) in [5.41, 5.74) is 22.3. The van der Waals surface area contributed by atoms with Gasteiger partial charge in [0.2, 0.25) is 5.91 Å². The zero-order valence-electron chi connectivity index (χ0n) is 67.2. The molecule has 25 nitrogen and oxygen atoms in total. The Morgan fingerprint density at radius 3 is 1.12 bits per heavy atom. The molecular weight excluding hydrogens is 1590 g/mol. The summed E-state index contributed by atoms with van der Waals surface area (Å²) in [4.78, 5) is 83.4. The fourth-order valence-corrected chi connectivity index (χ4v) is 18.6. The number of ether oxygens (including phenoxy) is 2. The van der Waals surface area contributed by atoms with Crippen molar-refractivity contribution >= 4 is 145 Å². The van der Waals surface area contributed by atoms with Crippen molar-refractivity contribution < 1.29 is 14.3 Å². The van der Waals surface area contributed by atoms with Crippen LogP contribution in [0.25, 0.3) is 0 Å². The van der Waals surface area contributed by atoms with E-state index in [-0.39, 0.29) is 5.91 Å². The first-order valence-electron chi connectivity index (χ1n) is 41.1. The van der Waals surface area contributed by atoms with Gasteiger partial charge < -0.3 is 55.2 Å². The molecule has 6 saturated heterocycles. The number of rotatable bonds is 9. The van der Waals surface area contributed by atoms with E-state index in [0.29, 0.717) is 83.3 Å². The van der Waals surface area contributed by atoms with Crippen LogP contribution in [0.4, 0.5) is 46.0 Å². The summed E-state index contributed by atoms with van der Waals surface area (Å²) in [7, 11) is 1.83. The number of carbonyl (C=O) groups is 1. The molecule has 4 aromatic carbocycles. The summed E-state index contributed by atoms with van der Waals surface area (Å²) >= 11 is 26.2. The van der Waals surface area contributed by atoms with E-state index < -0.39 is 0 Å². The zero-order valence-corrected chi connectivity index (χ0v) is 70.2. The summed E-state index contributed by atoms with van der Waals surface area (Å²) in [5, 5.41) is 16.7. The summed E-state index contributed by atoms with van der Waals surface area (Å²) < 4.78 is 11.4. The molecular formula is C91H88Cl4N22O3. The molecule has 1 aliphatic carbocycles. The topological polar surface area (TPSA) is 254 Å². The lowest BCUT2D eigenvalue weighted by molar-refractivity contribution is -0.129. The van der Waals surface area contributed by atoms with Gasteiger partial charge in [0.25, 0.3) is 0 Å². The van der Waals surface area contributed by atoms with Crippen LogP contribution >= 0.6 is 46.4 Å². The summed E-state index contributed by atoms with van der Waals surface area (Å²) in [6.45, 7) is 22.3. The van der Waals surface area contributed by atoms with Crippen molar-refractivity contribution in [2.45, 2.75) is 65.1 Å². The Morgan fingerprint density at radius 2 is 0.758 bits per heavy atom. The van der Waals surface area contributed by atoms with Crippen molar-refractivity contribution in [3.63, 3.8) is 0 Å². The van der Waals surface area contributed by atoms with Gasteiger partial charge in [0.1, 0.15) is 46.1 Å². The van der Waals surface area contributed by atoms with Crippen LogP contribution in [-0.2, 0) is 14.3 Å². The van der Waals surface area contributed by atoms with E-state index in [4.69, 9.17) is 90.8 Å². The predicted octanol–water partition coefficient (Wildman–Crippen LogP) is 14.4. The second-order valence-electron chi connectivity index (χ2n) is 32.7. The smallest absolute Gasteiger partial charge is 0.241 e. The molecule has 7 fully saturated rings. The number of hydrogen-bond donors (Lipinski definition) is 4. The van der Waals surface area contributed by atoms with Crippen LogP contribution in [0.1, 0.15) is 91.5 Å². The number of nitrogens with one attached hydrogen (secondary N) is 4. The Hall–Kier alpha value is -11.3. The van der Waals surface area contributed by atoms with Crippen LogP contribution in [0.3, 0.4) is 0 Å². The SMILES string of the molecule is CC1=C2N=C(c3ccccc3Cl)c3cnc(N4CC5CC4CO5)cc3NC2=NC1.CC1=C2N=C(c3ccccc3Cl)c3cnc(N4CC5COCC5C4)cc3NC2=NC1.CC1=C2N=C(c3ccccc3Cl)c3cnc(N4CCN(C)C(=O)C4)cc3NC2=NC1.CC1=C2N=C(c3ccccc3Cl)c3cnc(N4CCN(C5CC5)CC4)cc3NC2=NC1. The normalized spacial score (nSPS) is 22.2. The van der Waals surface area contributed by atoms with Gasteiger partial charge in [0.05, 0.1) is 110 Å². The number of benzene rings is 4. The minimum atomic E-state index is 0.0882. The minimum absolute atomic E-state index is 0.0882. The summed E-state index contributed by atoms with van der Waals surface area (Å²) in [6, 6.07) is 40.8. The predicted molar refractivity (Wildman–Crippen MR) is 482 cm³/mol. The van der Waals surface area contributed by atoms with Crippen LogP contribution in [0, 0.1) is 11.8 Å². The number of piperazine rings is 2. The minimum Gasteiger partial charge on any atom is -0.381 e. The number of carbonyl (C=O) groups excluding carboxylic acids is 1. The lowest BCUT2D eigenvalue weighted by Gasteiger charge is -2.35. The molecule has 120 heavy (non-hydrogen) atoms. The molecule has 1 saturated carbocycles. The van der Waals surface area contributed by atoms with Crippen LogP contribution < -0.4 is 40.9 Å². The van der Waals surface area contributed by atoms with Gasteiger partial charge in [-0.25, -0.2) is 39.9 Å². The highest BCUT2D eigenvalue weighted by molar-refractivity contribution is 6.39. The van der Waals surface area contributed by atoms with Gasteiger partial charge >= 0.3 is 0 Å². The van der Waals surface area contributed by atoms with E-state index in [0.717, 1.165) is 266 Å². The Balaban J connectivity index is 0.000000102. The van der Waals surface area contributed by atoms with Crippen LogP contribution in [0.5, 0.6) is 0 Å². The van der Waals surface area contributed by atoms with E-state index in [1.807, 2.05) is 141 Å². The molecule has 4 N–H and O–H groups in total. The van der Waals surface area contributed by atoms with E-state index in [2.05, 4.69) is 105 Å². The molecule has 4 unspecified atom stereocenters. The van der Waals surface area contributed by atoms with Gasteiger partial charge in [0.15, 0.2) is 23.3 Å². The largest absolute Gasteiger partial charge is 0.381 e. The number of aliphatic imine (C=N–C) groups is 8. The Bertz CT molecular complexity index is 5980. The van der Waals surface area contributed by atoms with Crippen molar-refractivity contribution in [2.24, 2.45) is 51.8 Å². The Labute approximate surface area is 716 Å². The van der Waals surface area contributed by atoms with Gasteiger partial charge in [-0.1, -0.05) is 119 Å². The van der Waals surface area contributed by atoms with Gasteiger partial charge in [-0.3, -0.25) is 29.7 Å². The quantitative estimate of drug-likeness (QED) is 0.105. The van der Waals surface area contributed by atoms with E-state index >= 15 is 0 Å². The number of likely N-dealkylation sites (N-methyl/N-ethyl adjacent to an activating group) is 1. The Morgan fingerprint density at radius 1 is 0.400 bits per heavy atom. The van der Waals surface area contributed by atoms with E-state index in [1.54, 1.807) is 11.1 Å². The molecule has 15 aliphatic rings. The molecule has 18 heterocycles. The molecule has 0 spiro atoms. The van der Waals surface area contributed by atoms with Crippen molar-refractivity contribution in [1.82, 2.24) is 29.7 Å². The van der Waals surface area contributed by atoms with Crippen LogP contribution in [-0.4, -0.2) is 219 Å². The molecule has 1 amide bonds. The fourth-order valence-electron chi connectivity index (χ4n) is 17.7. The Kier molecular flexibility index (Phi) is 20.8. The average molecular weight is 1680 g/mol. The first-order chi connectivity index (χ1) is 58.5. The number of hydrogen-bond acceptors (Lipinski definition) is 24. The number of amidine groups is 4. The van der Waals surface area contributed by atoms with E-state index in [9.17, 15) is 4.79 Å². The number of pyridine rings is 4. The molecule has 4 aromatic heterocycles. The standard InChI is InChI=1S/C24H25ClN6.C23H22ClN5O.C22H21ClN6O.C22H20ClN5O/c1-15-13-27-24-22(15)29-23(17-4-2-3-5-19(17)25)18-14-26-21(12-20(18)28-24)31-10-8-30(9-11-31)16-6-7-16;1-13-7-26-23-21(13)28-22(16-4-2-3-5-18(16)24)17-8-25-20(6-19(17)27-23)29-9-14-11-30-12-15(14)10-29;1-13-10-25-22-20(13)27-21(14-5-3-4-6-16(14)23)15-11-24-18(9-17(15)26-22)29-8-7-28(2)19(30)12-29;1-12-8-25-22-20(12)27-21(15-4-2-3-5-17(15)23)16-9-24-19(7-18(16)26-22)28-10-14-6-13(28)11-29-14/h2-5,12,14,16H,6-11,13H2,1H3,(H,27,28);2-6,8,14-15H,7,9-12H2,1H3,(H,26,27);3-6,9,11H,7-8,10,12H2,1-2H3,(H,25,26);2-5,7,9,13-14H,6,8,10-11H2,1H3,(H,25,26). The lowest BCUT2D eigenvalue weighted by Crippen LogP contribution is -2.48. The van der Waals surface area contributed by atoms with Crippen LogP contribution in [0.2, 0.25) is 20.1 Å². The fraction of sp³-hybridized carbons (Fsp3) is 0.330. The highest BCUT2D eigenvalue weighted by atomic mass is 35.5. The number of amides is 1. The number of fused-ring (bicyclic) bond motifs is 11. The van der Waals surface area contributed by atoms with Crippen molar-refractivity contribution in [3.05, 3.63) is 256 Å². The monoisotopic (exact) mass is 1680 g/mol. The zero-order chi connectivity index (χ0) is 81.6. The van der Waals surface area contributed by atoms with Crippen molar-refractivity contribution in [3.8, 4) is 0 Å². The van der Waals surface area contributed by atoms with Crippen LogP contribution in [0.15, 0.2) is 231 Å². The second-order valence-corrected chi connectivity index (χ2v) is 34.4. The first kappa shape index (κ1) is 77.3. The third kappa shape index (κ3) is 15.0. The highest BCUT2D eigenvalue weighted by Gasteiger charge is 2.42. The third-order valence-electron chi connectivity index (χ3n) is 24.7. The molecule has 8 aromatic rings. The van der Waals surface area contributed by atoms with Crippen molar-refractivity contribution in [1.29, 1.82) is 0 Å². The summed E-state index contributed by atoms with van der Waals surface area (Å²) in [6.07, 6.45) is 11.7. The number of nitrogens with zero attached hydrogens (tertiary/aromatic N) is 18. The summed E-state index contributed by atoms with van der Waals surface area (Å²) in [5.74, 6) is 8.22. The average Bonchev–Trinajstić information content (AvgIpc) is 1.61. The molecule has 29 heteroatoms. The number of morpholine rings is 1. The van der Waals surface area contributed by atoms with E-state index in [1.165, 1.54) is 12.8 Å². The lowest BCUT2D eigenvalue weighted by atomic mass is 10.0. The third-order valence-corrected chi connectivity index (χ3v) is 26.0.